The maximum Gasteiger partial charge on any atom is 0.268 e. The second kappa shape index (κ2) is 8.12. The molecule has 2 aromatic rings. The van der Waals surface area contributed by atoms with E-state index in [0.29, 0.717) is 17.1 Å². The Labute approximate surface area is 161 Å². The smallest absolute Gasteiger partial charge is 0.268 e. The number of carbonyl (C=O) groups is 1. The van der Waals surface area contributed by atoms with E-state index in [1.54, 1.807) is 33.0 Å². The number of nitrogens with one attached hydrogen (secondary N) is 1. The third-order valence-corrected chi connectivity index (χ3v) is 6.65. The SMILES string of the molecule is CC[C@H](C)NC(=O)CN(c1ccc(C)cc1)S(=O)(=O)c1c(C)nn(C)c1C. The summed E-state index contributed by atoms with van der Waals surface area (Å²) in [4.78, 5) is 12.6. The molecule has 1 amide bonds. The zero-order valence-electron chi connectivity index (χ0n) is 16.8. The molecule has 0 aliphatic rings. The summed E-state index contributed by atoms with van der Waals surface area (Å²) in [5.41, 5.74) is 2.40. The van der Waals surface area contributed by atoms with E-state index in [4.69, 9.17) is 0 Å². The van der Waals surface area contributed by atoms with E-state index in [1.165, 1.54) is 4.68 Å². The van der Waals surface area contributed by atoms with E-state index in [-0.39, 0.29) is 23.4 Å². The van der Waals surface area contributed by atoms with Gasteiger partial charge in [0, 0.05) is 13.1 Å². The van der Waals surface area contributed by atoms with Crippen LogP contribution in [0.25, 0.3) is 0 Å². The molecule has 148 valence electrons. The molecule has 27 heavy (non-hydrogen) atoms. The van der Waals surface area contributed by atoms with E-state index >= 15 is 0 Å². The average molecular weight is 393 g/mol. The maximum absolute atomic E-state index is 13.5. The summed E-state index contributed by atoms with van der Waals surface area (Å²) >= 11 is 0. The lowest BCUT2D eigenvalue weighted by Crippen LogP contribution is -2.43. The van der Waals surface area contributed by atoms with Crippen molar-refractivity contribution in [3.05, 3.63) is 41.2 Å². The first-order chi connectivity index (χ1) is 12.6. The second-order valence-corrected chi connectivity index (χ2v) is 8.65. The van der Waals surface area contributed by atoms with E-state index < -0.39 is 10.0 Å². The molecular weight excluding hydrogens is 364 g/mol. The van der Waals surface area contributed by atoms with Gasteiger partial charge in [-0.1, -0.05) is 24.6 Å². The topological polar surface area (TPSA) is 84.3 Å². The normalized spacial score (nSPS) is 12.7. The van der Waals surface area contributed by atoms with E-state index in [0.717, 1.165) is 16.3 Å². The predicted molar refractivity (Wildman–Crippen MR) is 106 cm³/mol. The molecule has 0 bridgehead atoms. The molecule has 2 rings (SSSR count). The van der Waals surface area contributed by atoms with Crippen molar-refractivity contribution in [1.82, 2.24) is 15.1 Å². The molecule has 8 heteroatoms. The van der Waals surface area contributed by atoms with E-state index in [9.17, 15) is 13.2 Å². The van der Waals surface area contributed by atoms with Crippen LogP contribution in [0.1, 0.15) is 37.2 Å². The summed E-state index contributed by atoms with van der Waals surface area (Å²) < 4.78 is 29.6. The molecule has 1 N–H and O–H groups in total. The third-order valence-electron chi connectivity index (χ3n) is 4.62. The van der Waals surface area contributed by atoms with Crippen LogP contribution < -0.4 is 9.62 Å². The van der Waals surface area contributed by atoms with Crippen molar-refractivity contribution in [3.8, 4) is 0 Å². The first kappa shape index (κ1) is 21.0. The first-order valence-electron chi connectivity index (χ1n) is 8.96. The number of carbonyl (C=O) groups excluding carboxylic acids is 1. The van der Waals surface area contributed by atoms with Gasteiger partial charge in [0.1, 0.15) is 11.4 Å². The van der Waals surface area contributed by atoms with Crippen LogP contribution in [0.4, 0.5) is 5.69 Å². The van der Waals surface area contributed by atoms with Gasteiger partial charge in [0.25, 0.3) is 10.0 Å². The van der Waals surface area contributed by atoms with Gasteiger partial charge in [0.2, 0.25) is 5.91 Å². The molecule has 1 aromatic carbocycles. The van der Waals surface area contributed by atoms with Crippen molar-refractivity contribution in [2.75, 3.05) is 10.8 Å². The summed E-state index contributed by atoms with van der Waals surface area (Å²) in [6.45, 7) is 8.85. The van der Waals surface area contributed by atoms with Crippen molar-refractivity contribution in [2.24, 2.45) is 7.05 Å². The highest BCUT2D eigenvalue weighted by molar-refractivity contribution is 7.93. The number of nitrogens with zero attached hydrogens (tertiary/aromatic N) is 3. The summed E-state index contributed by atoms with van der Waals surface area (Å²) in [5.74, 6) is -0.340. The molecule has 0 spiro atoms. The fourth-order valence-electron chi connectivity index (χ4n) is 2.82. The summed E-state index contributed by atoms with van der Waals surface area (Å²) in [6.07, 6.45) is 0.768. The van der Waals surface area contributed by atoms with Crippen LogP contribution >= 0.6 is 0 Å². The molecule has 0 aliphatic carbocycles. The van der Waals surface area contributed by atoms with E-state index in [1.807, 2.05) is 32.9 Å². The molecule has 7 nitrogen and oxygen atoms in total. The lowest BCUT2D eigenvalue weighted by Gasteiger charge is -2.25. The standard InChI is InChI=1S/C19H28N4O3S/c1-7-14(3)20-18(24)12-23(17-10-8-13(2)9-11-17)27(25,26)19-15(4)21-22(6)16(19)5/h8-11,14H,7,12H2,1-6H3,(H,20,24)/t14-/m0/s1. The minimum absolute atomic E-state index is 0.0260. The molecule has 0 fully saturated rings. The number of hydrogen-bond donors (Lipinski definition) is 1. The highest BCUT2D eigenvalue weighted by atomic mass is 32.2. The first-order valence-corrected chi connectivity index (χ1v) is 10.4. The van der Waals surface area contributed by atoms with Crippen LogP contribution in [0, 0.1) is 20.8 Å². The van der Waals surface area contributed by atoms with Gasteiger partial charge in [-0.25, -0.2) is 8.42 Å². The Kier molecular flexibility index (Phi) is 6.30. The average Bonchev–Trinajstić information content (AvgIpc) is 2.86. The largest absolute Gasteiger partial charge is 0.352 e. The molecule has 0 radical (unpaired) electrons. The Morgan fingerprint density at radius 2 is 1.81 bits per heavy atom. The number of rotatable bonds is 7. The molecule has 1 aromatic heterocycles. The fourth-order valence-corrected chi connectivity index (χ4v) is 4.64. The van der Waals surface area contributed by atoms with Crippen LogP contribution in [-0.2, 0) is 21.9 Å². The molecule has 1 heterocycles. The van der Waals surface area contributed by atoms with Gasteiger partial charge in [0.15, 0.2) is 0 Å². The van der Waals surface area contributed by atoms with E-state index in [2.05, 4.69) is 10.4 Å². The summed E-state index contributed by atoms with van der Waals surface area (Å²) in [7, 11) is -2.25. The molecule has 0 saturated heterocycles. The number of aromatic nitrogens is 2. The number of aryl methyl sites for hydroxylation is 3. The van der Waals surface area contributed by atoms with Crippen LogP contribution in [0.3, 0.4) is 0 Å². The molecule has 0 saturated carbocycles. The Bertz CT molecular complexity index is 917. The molecule has 1 atom stereocenters. The Morgan fingerprint density at radius 1 is 1.22 bits per heavy atom. The lowest BCUT2D eigenvalue weighted by atomic mass is 10.2. The molecule has 0 aliphatic heterocycles. The van der Waals surface area contributed by atoms with Gasteiger partial charge < -0.3 is 5.32 Å². The van der Waals surface area contributed by atoms with Gasteiger partial charge in [-0.15, -0.1) is 0 Å². The monoisotopic (exact) mass is 392 g/mol. The van der Waals surface area contributed by atoms with Crippen LogP contribution in [0.5, 0.6) is 0 Å². The number of amides is 1. The predicted octanol–water partition coefficient (Wildman–Crippen LogP) is 2.46. The zero-order valence-corrected chi connectivity index (χ0v) is 17.6. The van der Waals surface area contributed by atoms with Crippen molar-refractivity contribution >= 4 is 21.6 Å². The third kappa shape index (κ3) is 4.50. The number of benzene rings is 1. The summed E-state index contributed by atoms with van der Waals surface area (Å²) in [6, 6.07) is 7.05. The summed E-state index contributed by atoms with van der Waals surface area (Å²) in [5, 5.41) is 7.05. The fraction of sp³-hybridized carbons (Fsp3) is 0.474. The van der Waals surface area contributed by atoms with Gasteiger partial charge in [-0.2, -0.15) is 5.10 Å². The number of hydrogen-bond acceptors (Lipinski definition) is 4. The minimum atomic E-state index is -3.96. The van der Waals surface area contributed by atoms with Crippen LogP contribution in [-0.4, -0.2) is 36.7 Å². The zero-order chi connectivity index (χ0) is 20.4. The van der Waals surface area contributed by atoms with Gasteiger partial charge >= 0.3 is 0 Å². The molecular formula is C19H28N4O3S. The minimum Gasteiger partial charge on any atom is -0.352 e. The number of sulfonamides is 1. The van der Waals surface area contributed by atoms with Crippen molar-refractivity contribution in [2.45, 2.75) is 52.0 Å². The maximum atomic E-state index is 13.5. The van der Waals surface area contributed by atoms with Gasteiger partial charge in [-0.3, -0.25) is 13.8 Å². The van der Waals surface area contributed by atoms with Crippen molar-refractivity contribution in [1.29, 1.82) is 0 Å². The van der Waals surface area contributed by atoms with Crippen molar-refractivity contribution < 1.29 is 13.2 Å². The van der Waals surface area contributed by atoms with Gasteiger partial charge in [0.05, 0.1) is 17.1 Å². The molecule has 0 unspecified atom stereocenters. The van der Waals surface area contributed by atoms with Crippen molar-refractivity contribution in [3.63, 3.8) is 0 Å². The quantitative estimate of drug-likeness (QED) is 0.784. The second-order valence-electron chi connectivity index (χ2n) is 6.85. The van der Waals surface area contributed by atoms with Crippen LogP contribution in [0.2, 0.25) is 0 Å². The Morgan fingerprint density at radius 3 is 2.30 bits per heavy atom. The highest BCUT2D eigenvalue weighted by Gasteiger charge is 2.32. The van der Waals surface area contributed by atoms with Gasteiger partial charge in [-0.05, 0) is 46.2 Å². The number of anilines is 1. The Hall–Kier alpha value is -2.35. The lowest BCUT2D eigenvalue weighted by molar-refractivity contribution is -0.120. The highest BCUT2D eigenvalue weighted by Crippen LogP contribution is 2.27. The van der Waals surface area contributed by atoms with Crippen LogP contribution in [0.15, 0.2) is 29.2 Å². The Balaban J connectivity index is 2.51.